The highest BCUT2D eigenvalue weighted by Crippen LogP contribution is 2.03. The second kappa shape index (κ2) is 5.70. The lowest BCUT2D eigenvalue weighted by Crippen LogP contribution is -2.41. The number of aliphatic carboxylic acids is 1. The van der Waals surface area contributed by atoms with Crippen LogP contribution in [-0.4, -0.2) is 23.0 Å². The number of hydrogen-bond donors (Lipinski definition) is 2. The quantitative estimate of drug-likeness (QED) is 0.725. The molecule has 0 saturated heterocycles. The van der Waals surface area contributed by atoms with Crippen LogP contribution in [0.1, 0.15) is 5.56 Å². The van der Waals surface area contributed by atoms with E-state index in [9.17, 15) is 9.59 Å². The Hall–Kier alpha value is -2.10. The molecule has 4 nitrogen and oxygen atoms in total. The highest BCUT2D eigenvalue weighted by atomic mass is 16.4. The maximum Gasteiger partial charge on any atom is 0.326 e. The molecule has 0 heterocycles. The number of carbonyl (C=O) groups is 2. The molecule has 0 radical (unpaired) electrons. The zero-order valence-electron chi connectivity index (χ0n) is 8.72. The molecule has 0 aromatic heterocycles. The van der Waals surface area contributed by atoms with E-state index in [4.69, 9.17) is 5.11 Å². The van der Waals surface area contributed by atoms with Gasteiger partial charge in [0.2, 0.25) is 5.91 Å². The third kappa shape index (κ3) is 3.57. The predicted octanol–water partition coefficient (Wildman–Crippen LogP) is 0.984. The van der Waals surface area contributed by atoms with E-state index in [0.717, 1.165) is 11.6 Å². The van der Waals surface area contributed by atoms with Crippen molar-refractivity contribution in [3.8, 4) is 0 Å². The number of hydrogen-bond acceptors (Lipinski definition) is 2. The lowest BCUT2D eigenvalue weighted by Gasteiger charge is -2.13. The van der Waals surface area contributed by atoms with E-state index in [0.29, 0.717) is 0 Å². The van der Waals surface area contributed by atoms with Gasteiger partial charge in [-0.15, -0.1) is 0 Å². The van der Waals surface area contributed by atoms with Crippen LogP contribution in [0.5, 0.6) is 0 Å². The normalized spacial score (nSPS) is 11.5. The first-order chi connectivity index (χ1) is 7.63. The van der Waals surface area contributed by atoms with Gasteiger partial charge in [-0.2, -0.15) is 0 Å². The lowest BCUT2D eigenvalue weighted by molar-refractivity contribution is -0.141. The second-order valence-electron chi connectivity index (χ2n) is 3.29. The molecule has 4 heteroatoms. The van der Waals surface area contributed by atoms with Gasteiger partial charge in [-0.1, -0.05) is 36.9 Å². The van der Waals surface area contributed by atoms with Crippen molar-refractivity contribution in [1.29, 1.82) is 0 Å². The van der Waals surface area contributed by atoms with Gasteiger partial charge in [0.05, 0.1) is 0 Å². The van der Waals surface area contributed by atoms with E-state index >= 15 is 0 Å². The molecular formula is C12H13NO3. The molecule has 0 unspecified atom stereocenters. The highest BCUT2D eigenvalue weighted by molar-refractivity contribution is 5.90. The summed E-state index contributed by atoms with van der Waals surface area (Å²) in [5, 5.41) is 11.3. The van der Waals surface area contributed by atoms with Gasteiger partial charge in [-0.3, -0.25) is 4.79 Å². The van der Waals surface area contributed by atoms with Crippen LogP contribution >= 0.6 is 0 Å². The first kappa shape index (κ1) is 12.0. The van der Waals surface area contributed by atoms with E-state index in [1.54, 1.807) is 0 Å². The number of carboxylic acids is 1. The molecule has 1 aromatic carbocycles. The Bertz CT molecular complexity index is 387. The third-order valence-corrected chi connectivity index (χ3v) is 2.08. The molecule has 1 aromatic rings. The molecule has 0 aliphatic rings. The molecule has 0 bridgehead atoms. The Morgan fingerprint density at radius 3 is 2.50 bits per heavy atom. The Labute approximate surface area is 93.6 Å². The molecule has 0 spiro atoms. The molecular weight excluding hydrogens is 206 g/mol. The van der Waals surface area contributed by atoms with Gasteiger partial charge in [0.15, 0.2) is 0 Å². The molecule has 0 fully saturated rings. The van der Waals surface area contributed by atoms with Crippen LogP contribution in [0.2, 0.25) is 0 Å². The molecule has 1 atom stereocenters. The van der Waals surface area contributed by atoms with E-state index < -0.39 is 17.9 Å². The van der Waals surface area contributed by atoms with Crippen molar-refractivity contribution in [2.45, 2.75) is 12.5 Å². The van der Waals surface area contributed by atoms with E-state index in [2.05, 4.69) is 11.9 Å². The minimum absolute atomic E-state index is 0.260. The first-order valence-electron chi connectivity index (χ1n) is 4.83. The minimum atomic E-state index is -1.06. The highest BCUT2D eigenvalue weighted by Gasteiger charge is 2.18. The van der Waals surface area contributed by atoms with Crippen LogP contribution in [0.4, 0.5) is 0 Å². The van der Waals surface area contributed by atoms with Crippen LogP contribution < -0.4 is 5.32 Å². The van der Waals surface area contributed by atoms with Crippen molar-refractivity contribution in [2.75, 3.05) is 0 Å². The number of benzene rings is 1. The van der Waals surface area contributed by atoms with E-state index in [1.807, 2.05) is 30.3 Å². The summed E-state index contributed by atoms with van der Waals surface area (Å²) in [7, 11) is 0. The van der Waals surface area contributed by atoms with Crippen LogP contribution in [0.15, 0.2) is 43.0 Å². The predicted molar refractivity (Wildman–Crippen MR) is 59.9 cm³/mol. The molecule has 1 amide bonds. The fourth-order valence-electron chi connectivity index (χ4n) is 1.28. The average Bonchev–Trinajstić information content (AvgIpc) is 2.29. The van der Waals surface area contributed by atoms with Crippen molar-refractivity contribution >= 4 is 11.9 Å². The molecule has 2 N–H and O–H groups in total. The average molecular weight is 219 g/mol. The van der Waals surface area contributed by atoms with Crippen molar-refractivity contribution in [2.24, 2.45) is 0 Å². The zero-order valence-corrected chi connectivity index (χ0v) is 8.72. The van der Waals surface area contributed by atoms with Crippen molar-refractivity contribution in [3.63, 3.8) is 0 Å². The fraction of sp³-hybridized carbons (Fsp3) is 0.167. The van der Waals surface area contributed by atoms with Gasteiger partial charge in [-0.05, 0) is 11.6 Å². The maximum atomic E-state index is 11.0. The van der Waals surface area contributed by atoms with E-state index in [1.165, 1.54) is 0 Å². The number of rotatable bonds is 5. The standard InChI is InChI=1S/C12H13NO3/c1-2-11(14)13-10(12(15)16)8-9-6-4-3-5-7-9/h2-7,10H,1,8H2,(H,13,14)(H,15,16)/t10-/m1/s1. The van der Waals surface area contributed by atoms with Gasteiger partial charge >= 0.3 is 5.97 Å². The number of carboxylic acid groups (broad SMARTS) is 1. The molecule has 1 rings (SSSR count). The van der Waals surface area contributed by atoms with Crippen molar-refractivity contribution in [1.82, 2.24) is 5.32 Å². The SMILES string of the molecule is C=CC(=O)N[C@H](Cc1ccccc1)C(=O)O. The Kier molecular flexibility index (Phi) is 4.27. The summed E-state index contributed by atoms with van der Waals surface area (Å²) in [5.41, 5.74) is 0.860. The molecule has 0 aliphatic carbocycles. The summed E-state index contributed by atoms with van der Waals surface area (Å²) in [6.07, 6.45) is 1.32. The summed E-state index contributed by atoms with van der Waals surface area (Å²) < 4.78 is 0. The Morgan fingerprint density at radius 2 is 2.00 bits per heavy atom. The number of amides is 1. The largest absolute Gasteiger partial charge is 0.480 e. The van der Waals surface area contributed by atoms with E-state index in [-0.39, 0.29) is 6.42 Å². The van der Waals surface area contributed by atoms with Crippen LogP contribution in [0, 0.1) is 0 Å². The van der Waals surface area contributed by atoms with Gasteiger partial charge in [-0.25, -0.2) is 4.79 Å². The third-order valence-electron chi connectivity index (χ3n) is 2.08. The van der Waals surface area contributed by atoms with Crippen LogP contribution in [0.25, 0.3) is 0 Å². The van der Waals surface area contributed by atoms with Gasteiger partial charge in [0.25, 0.3) is 0 Å². The number of carbonyl (C=O) groups excluding carboxylic acids is 1. The van der Waals surface area contributed by atoms with Crippen LogP contribution in [0.3, 0.4) is 0 Å². The van der Waals surface area contributed by atoms with Crippen LogP contribution in [-0.2, 0) is 16.0 Å². The molecule has 0 aliphatic heterocycles. The Morgan fingerprint density at radius 1 is 1.38 bits per heavy atom. The summed E-state index contributed by atoms with van der Waals surface area (Å²) >= 11 is 0. The lowest BCUT2D eigenvalue weighted by atomic mass is 10.1. The summed E-state index contributed by atoms with van der Waals surface area (Å²) in [5.74, 6) is -1.54. The smallest absolute Gasteiger partial charge is 0.326 e. The second-order valence-corrected chi connectivity index (χ2v) is 3.29. The van der Waals surface area contributed by atoms with Crippen molar-refractivity contribution < 1.29 is 14.7 Å². The monoisotopic (exact) mass is 219 g/mol. The first-order valence-corrected chi connectivity index (χ1v) is 4.83. The molecule has 0 saturated carbocycles. The minimum Gasteiger partial charge on any atom is -0.480 e. The summed E-state index contributed by atoms with van der Waals surface area (Å²) in [6.45, 7) is 3.28. The summed E-state index contributed by atoms with van der Waals surface area (Å²) in [4.78, 5) is 21.9. The fourth-order valence-corrected chi connectivity index (χ4v) is 1.28. The van der Waals surface area contributed by atoms with Gasteiger partial charge in [0.1, 0.15) is 6.04 Å². The Balaban J connectivity index is 2.69. The zero-order chi connectivity index (χ0) is 12.0. The van der Waals surface area contributed by atoms with Gasteiger partial charge in [0, 0.05) is 6.42 Å². The summed E-state index contributed by atoms with van der Waals surface area (Å²) in [6, 6.07) is 8.20. The van der Waals surface area contributed by atoms with Gasteiger partial charge < -0.3 is 10.4 Å². The maximum absolute atomic E-state index is 11.0. The molecule has 84 valence electrons. The molecule has 16 heavy (non-hydrogen) atoms. The van der Waals surface area contributed by atoms with Crippen molar-refractivity contribution in [3.05, 3.63) is 48.6 Å². The number of nitrogens with one attached hydrogen (secondary N) is 1. The topological polar surface area (TPSA) is 66.4 Å².